The van der Waals surface area contributed by atoms with E-state index in [4.69, 9.17) is 4.74 Å². The number of nitrogens with one attached hydrogen (secondary N) is 1. The third-order valence-electron chi connectivity index (χ3n) is 2.70. The van der Waals surface area contributed by atoms with Crippen LogP contribution in [-0.2, 0) is 0 Å². The van der Waals surface area contributed by atoms with Crippen molar-refractivity contribution < 1.29 is 19.0 Å². The maximum absolute atomic E-state index is 13.4. The number of hydrazone groups is 1. The van der Waals surface area contributed by atoms with Crippen LogP contribution >= 0.6 is 0 Å². The maximum atomic E-state index is 13.4. The molecule has 0 atom stereocenters. The first-order chi connectivity index (χ1) is 10.1. The SMILES string of the molecule is COc1ccc(C=NNC(=O)c2ccccc2F)cc1O. The summed E-state index contributed by atoms with van der Waals surface area (Å²) in [5.41, 5.74) is 2.68. The van der Waals surface area contributed by atoms with E-state index >= 15 is 0 Å². The molecule has 1 amide bonds. The summed E-state index contributed by atoms with van der Waals surface area (Å²) in [5.74, 6) is -0.973. The number of aromatic hydroxyl groups is 1. The number of hydrogen-bond acceptors (Lipinski definition) is 4. The van der Waals surface area contributed by atoms with Gasteiger partial charge in [0.2, 0.25) is 0 Å². The molecular formula is C15H13FN2O3. The van der Waals surface area contributed by atoms with Crippen LogP contribution in [0.5, 0.6) is 11.5 Å². The molecule has 0 spiro atoms. The lowest BCUT2D eigenvalue weighted by molar-refractivity contribution is 0.0951. The van der Waals surface area contributed by atoms with Crippen molar-refractivity contribution in [2.75, 3.05) is 7.11 Å². The zero-order valence-electron chi connectivity index (χ0n) is 11.2. The van der Waals surface area contributed by atoms with Gasteiger partial charge in [0.05, 0.1) is 18.9 Å². The van der Waals surface area contributed by atoms with Crippen molar-refractivity contribution in [2.24, 2.45) is 5.10 Å². The quantitative estimate of drug-likeness (QED) is 0.670. The Balaban J connectivity index is 2.04. The smallest absolute Gasteiger partial charge is 0.274 e. The molecule has 0 fully saturated rings. The van der Waals surface area contributed by atoms with E-state index in [1.807, 2.05) is 0 Å². The third-order valence-corrected chi connectivity index (χ3v) is 2.70. The molecule has 0 radical (unpaired) electrons. The molecule has 2 rings (SSSR count). The molecule has 0 saturated heterocycles. The van der Waals surface area contributed by atoms with Gasteiger partial charge < -0.3 is 9.84 Å². The number of amides is 1. The summed E-state index contributed by atoms with van der Waals surface area (Å²) < 4.78 is 18.3. The number of ether oxygens (including phenoxy) is 1. The minimum absolute atomic E-state index is 0.0399. The van der Waals surface area contributed by atoms with Crippen LogP contribution in [0.25, 0.3) is 0 Å². The number of phenols is 1. The van der Waals surface area contributed by atoms with Gasteiger partial charge in [0.1, 0.15) is 5.82 Å². The lowest BCUT2D eigenvalue weighted by Gasteiger charge is -2.03. The molecule has 5 nitrogen and oxygen atoms in total. The van der Waals surface area contributed by atoms with E-state index in [2.05, 4.69) is 10.5 Å². The number of methoxy groups -OCH3 is 1. The summed E-state index contributed by atoms with van der Waals surface area (Å²) in [6.07, 6.45) is 1.33. The molecule has 0 aliphatic heterocycles. The summed E-state index contributed by atoms with van der Waals surface area (Å²) in [4.78, 5) is 11.7. The summed E-state index contributed by atoms with van der Waals surface area (Å²) in [7, 11) is 1.44. The highest BCUT2D eigenvalue weighted by Crippen LogP contribution is 2.25. The van der Waals surface area contributed by atoms with Crippen molar-refractivity contribution in [2.45, 2.75) is 0 Å². The second kappa shape index (κ2) is 6.51. The molecule has 0 bridgehead atoms. The van der Waals surface area contributed by atoms with E-state index in [-0.39, 0.29) is 11.3 Å². The molecule has 2 aromatic rings. The number of halogens is 1. The molecule has 0 aromatic heterocycles. The highest BCUT2D eigenvalue weighted by molar-refractivity contribution is 5.95. The Morgan fingerprint density at radius 1 is 1.33 bits per heavy atom. The van der Waals surface area contributed by atoms with Crippen LogP contribution in [0.4, 0.5) is 4.39 Å². The van der Waals surface area contributed by atoms with Crippen molar-refractivity contribution in [3.05, 3.63) is 59.4 Å². The number of phenolic OH excluding ortho intramolecular Hbond substituents is 1. The van der Waals surface area contributed by atoms with Gasteiger partial charge in [0, 0.05) is 0 Å². The Kier molecular flexibility index (Phi) is 4.50. The predicted molar refractivity (Wildman–Crippen MR) is 76.1 cm³/mol. The van der Waals surface area contributed by atoms with Gasteiger partial charge in [-0.25, -0.2) is 9.82 Å². The van der Waals surface area contributed by atoms with E-state index in [9.17, 15) is 14.3 Å². The molecule has 0 heterocycles. The minimum Gasteiger partial charge on any atom is -0.504 e. The fourth-order valence-electron chi connectivity index (χ4n) is 1.66. The van der Waals surface area contributed by atoms with Gasteiger partial charge in [-0.1, -0.05) is 12.1 Å². The Labute approximate surface area is 120 Å². The molecule has 108 valence electrons. The lowest BCUT2D eigenvalue weighted by atomic mass is 10.2. The summed E-state index contributed by atoms with van der Waals surface area (Å²) >= 11 is 0. The Morgan fingerprint density at radius 3 is 2.76 bits per heavy atom. The number of carbonyl (C=O) groups excluding carboxylic acids is 1. The van der Waals surface area contributed by atoms with Gasteiger partial charge in [0.15, 0.2) is 11.5 Å². The molecular weight excluding hydrogens is 275 g/mol. The van der Waals surface area contributed by atoms with E-state index in [0.29, 0.717) is 11.3 Å². The van der Waals surface area contributed by atoms with Crippen LogP contribution in [0.3, 0.4) is 0 Å². The van der Waals surface area contributed by atoms with Gasteiger partial charge in [-0.15, -0.1) is 0 Å². The maximum Gasteiger partial charge on any atom is 0.274 e. The molecule has 0 aliphatic rings. The average molecular weight is 288 g/mol. The predicted octanol–water partition coefficient (Wildman–Crippen LogP) is 2.30. The van der Waals surface area contributed by atoms with Crippen molar-refractivity contribution in [1.29, 1.82) is 0 Å². The fourth-order valence-corrected chi connectivity index (χ4v) is 1.66. The van der Waals surface area contributed by atoms with Crippen molar-refractivity contribution >= 4 is 12.1 Å². The van der Waals surface area contributed by atoms with Crippen molar-refractivity contribution in [3.8, 4) is 11.5 Å². The number of carbonyl (C=O) groups is 1. The molecule has 6 heteroatoms. The Bertz CT molecular complexity index is 686. The number of rotatable bonds is 4. The second-order valence-electron chi connectivity index (χ2n) is 4.11. The normalized spacial score (nSPS) is 10.6. The van der Waals surface area contributed by atoms with Gasteiger partial charge in [-0.3, -0.25) is 4.79 Å². The van der Waals surface area contributed by atoms with Crippen LogP contribution in [0.1, 0.15) is 15.9 Å². The molecule has 2 N–H and O–H groups in total. The topological polar surface area (TPSA) is 70.9 Å². The summed E-state index contributed by atoms with van der Waals surface area (Å²) in [6, 6.07) is 10.3. The van der Waals surface area contributed by atoms with Crippen LogP contribution in [0.15, 0.2) is 47.6 Å². The largest absolute Gasteiger partial charge is 0.504 e. The fraction of sp³-hybridized carbons (Fsp3) is 0.0667. The first-order valence-corrected chi connectivity index (χ1v) is 6.06. The molecule has 2 aromatic carbocycles. The van der Waals surface area contributed by atoms with Crippen LogP contribution < -0.4 is 10.2 Å². The monoisotopic (exact) mass is 288 g/mol. The minimum atomic E-state index is -0.651. The molecule has 0 aliphatic carbocycles. The van der Waals surface area contributed by atoms with Gasteiger partial charge in [-0.2, -0.15) is 5.10 Å². The number of benzene rings is 2. The summed E-state index contributed by atoms with van der Waals surface area (Å²) in [5, 5.41) is 13.3. The Hall–Kier alpha value is -2.89. The first kappa shape index (κ1) is 14.5. The standard InChI is InChI=1S/C15H13FN2O3/c1-21-14-7-6-10(8-13(14)19)9-17-18-15(20)11-4-2-3-5-12(11)16/h2-9,19H,1H3,(H,18,20). The highest BCUT2D eigenvalue weighted by atomic mass is 19.1. The molecule has 0 saturated carbocycles. The Morgan fingerprint density at radius 2 is 2.10 bits per heavy atom. The average Bonchev–Trinajstić information content (AvgIpc) is 2.48. The highest BCUT2D eigenvalue weighted by Gasteiger charge is 2.09. The van der Waals surface area contributed by atoms with Gasteiger partial charge in [0.25, 0.3) is 5.91 Å². The number of hydrogen-bond donors (Lipinski definition) is 2. The first-order valence-electron chi connectivity index (χ1n) is 6.06. The van der Waals surface area contributed by atoms with Crippen LogP contribution in [0, 0.1) is 5.82 Å². The summed E-state index contributed by atoms with van der Waals surface area (Å²) in [6.45, 7) is 0. The van der Waals surface area contributed by atoms with Crippen LogP contribution in [0.2, 0.25) is 0 Å². The molecule has 0 unspecified atom stereocenters. The zero-order valence-corrected chi connectivity index (χ0v) is 11.2. The van der Waals surface area contributed by atoms with Crippen molar-refractivity contribution in [1.82, 2.24) is 5.43 Å². The van der Waals surface area contributed by atoms with E-state index in [1.165, 1.54) is 37.6 Å². The second-order valence-corrected chi connectivity index (χ2v) is 4.11. The molecule has 21 heavy (non-hydrogen) atoms. The van der Waals surface area contributed by atoms with Crippen LogP contribution in [-0.4, -0.2) is 24.3 Å². The van der Waals surface area contributed by atoms with E-state index in [1.54, 1.807) is 18.2 Å². The van der Waals surface area contributed by atoms with Gasteiger partial charge in [-0.05, 0) is 35.9 Å². The lowest BCUT2D eigenvalue weighted by Crippen LogP contribution is -2.18. The van der Waals surface area contributed by atoms with E-state index in [0.717, 1.165) is 0 Å². The van der Waals surface area contributed by atoms with Gasteiger partial charge >= 0.3 is 0 Å². The van der Waals surface area contributed by atoms with Crippen molar-refractivity contribution in [3.63, 3.8) is 0 Å². The van der Waals surface area contributed by atoms with E-state index < -0.39 is 11.7 Å². The zero-order chi connectivity index (χ0) is 15.2. The third kappa shape index (κ3) is 3.56. The number of nitrogens with zero attached hydrogens (tertiary/aromatic N) is 1.